The van der Waals surface area contributed by atoms with E-state index in [-0.39, 0.29) is 42.6 Å². The van der Waals surface area contributed by atoms with Gasteiger partial charge in [0.15, 0.2) is 0 Å². The number of hydrogen-bond donors (Lipinski definition) is 0. The molecule has 0 aromatic carbocycles. The predicted octanol–water partition coefficient (Wildman–Crippen LogP) is 4.44. The van der Waals surface area contributed by atoms with Crippen molar-refractivity contribution in [2.24, 2.45) is 5.41 Å². The lowest BCUT2D eigenvalue weighted by Gasteiger charge is -2.43. The molecule has 3 heterocycles. The first-order valence-corrected chi connectivity index (χ1v) is 9.98. The van der Waals surface area contributed by atoms with Gasteiger partial charge < -0.3 is 19.1 Å². The standard InChI is InChI=1S/C21H29NO4.ClH/c1-3-24-19(23)14-25-15(2)18-12-21-10-6-4-8-16(21)13-22-11-7-5-9-17(22)20(21)26-18;/h7,11,13,15,18H,3-6,8-10,12,14H2,1-2H3;1H. The SMILES string of the molecule is CCOC(=O)COC(C)C1CC23CCCCC2=CN2C=CCCC2=C3O1.Cl. The van der Waals surface area contributed by atoms with E-state index in [0.717, 1.165) is 32.1 Å². The summed E-state index contributed by atoms with van der Waals surface area (Å²) in [4.78, 5) is 13.9. The number of halogens is 1. The molecule has 150 valence electrons. The molecule has 1 spiro atoms. The van der Waals surface area contributed by atoms with E-state index in [0.29, 0.717) is 6.61 Å². The van der Waals surface area contributed by atoms with Crippen LogP contribution in [0.1, 0.15) is 58.8 Å². The third kappa shape index (κ3) is 3.64. The van der Waals surface area contributed by atoms with Crippen LogP contribution >= 0.6 is 12.4 Å². The van der Waals surface area contributed by atoms with E-state index in [9.17, 15) is 4.79 Å². The molecule has 0 radical (unpaired) electrons. The second-order valence-electron chi connectivity index (χ2n) is 7.73. The zero-order valence-corrected chi connectivity index (χ0v) is 17.1. The molecule has 4 rings (SSSR count). The molecule has 1 saturated carbocycles. The van der Waals surface area contributed by atoms with Gasteiger partial charge in [-0.2, -0.15) is 0 Å². The van der Waals surface area contributed by atoms with Gasteiger partial charge in [-0.05, 0) is 51.5 Å². The van der Waals surface area contributed by atoms with Gasteiger partial charge >= 0.3 is 5.97 Å². The molecule has 1 aliphatic carbocycles. The van der Waals surface area contributed by atoms with Gasteiger partial charge in [0, 0.05) is 18.8 Å². The first-order valence-electron chi connectivity index (χ1n) is 9.98. The number of ether oxygens (including phenoxy) is 3. The summed E-state index contributed by atoms with van der Waals surface area (Å²) >= 11 is 0. The molecule has 4 aliphatic rings. The van der Waals surface area contributed by atoms with Crippen molar-refractivity contribution in [3.8, 4) is 0 Å². The summed E-state index contributed by atoms with van der Waals surface area (Å²) < 4.78 is 17.3. The molecule has 0 amide bonds. The second kappa shape index (κ2) is 8.27. The molecule has 2 fully saturated rings. The monoisotopic (exact) mass is 395 g/mol. The smallest absolute Gasteiger partial charge is 0.332 e. The zero-order valence-electron chi connectivity index (χ0n) is 16.2. The van der Waals surface area contributed by atoms with Crippen LogP contribution in [-0.2, 0) is 19.0 Å². The van der Waals surface area contributed by atoms with Crippen LogP contribution in [0.3, 0.4) is 0 Å². The molecular formula is C21H30ClNO4. The average molecular weight is 396 g/mol. The Kier molecular flexibility index (Phi) is 6.21. The summed E-state index contributed by atoms with van der Waals surface area (Å²) in [5.74, 6) is 0.868. The van der Waals surface area contributed by atoms with E-state index < -0.39 is 0 Å². The fourth-order valence-corrected chi connectivity index (χ4v) is 4.83. The van der Waals surface area contributed by atoms with Gasteiger partial charge in [-0.25, -0.2) is 4.79 Å². The van der Waals surface area contributed by atoms with Crippen molar-refractivity contribution in [1.82, 2.24) is 4.90 Å². The molecule has 0 aromatic heterocycles. The lowest BCUT2D eigenvalue weighted by molar-refractivity contribution is -0.152. The molecular weight excluding hydrogens is 366 g/mol. The number of rotatable bonds is 5. The van der Waals surface area contributed by atoms with Crippen LogP contribution in [0.2, 0.25) is 0 Å². The number of nitrogens with zero attached hydrogens (tertiary/aromatic N) is 1. The first-order chi connectivity index (χ1) is 12.6. The number of carbonyl (C=O) groups excluding carboxylic acids is 1. The van der Waals surface area contributed by atoms with Crippen molar-refractivity contribution < 1.29 is 19.0 Å². The Morgan fingerprint density at radius 2 is 2.26 bits per heavy atom. The summed E-state index contributed by atoms with van der Waals surface area (Å²) in [5, 5.41) is 0. The molecule has 27 heavy (non-hydrogen) atoms. The zero-order chi connectivity index (χ0) is 18.1. The molecule has 3 atom stereocenters. The topological polar surface area (TPSA) is 48.0 Å². The van der Waals surface area contributed by atoms with Crippen molar-refractivity contribution in [1.29, 1.82) is 0 Å². The van der Waals surface area contributed by atoms with Gasteiger partial charge in [0.2, 0.25) is 0 Å². The molecule has 3 unspecified atom stereocenters. The van der Waals surface area contributed by atoms with Crippen LogP contribution in [0.25, 0.3) is 0 Å². The maximum atomic E-state index is 11.6. The highest BCUT2D eigenvalue weighted by Crippen LogP contribution is 2.59. The predicted molar refractivity (Wildman–Crippen MR) is 105 cm³/mol. The largest absolute Gasteiger partial charge is 0.489 e. The van der Waals surface area contributed by atoms with E-state index in [1.54, 1.807) is 6.92 Å². The molecule has 6 heteroatoms. The van der Waals surface area contributed by atoms with Crippen LogP contribution < -0.4 is 0 Å². The first kappa shape index (κ1) is 20.3. The molecule has 5 nitrogen and oxygen atoms in total. The molecule has 0 bridgehead atoms. The van der Waals surface area contributed by atoms with Crippen LogP contribution in [0, 0.1) is 5.41 Å². The maximum Gasteiger partial charge on any atom is 0.332 e. The minimum atomic E-state index is -0.309. The van der Waals surface area contributed by atoms with E-state index in [1.807, 2.05) is 6.92 Å². The van der Waals surface area contributed by atoms with Crippen molar-refractivity contribution in [2.45, 2.75) is 71.0 Å². The Morgan fingerprint density at radius 3 is 3.07 bits per heavy atom. The Hall–Kier alpha value is -1.46. The second-order valence-corrected chi connectivity index (χ2v) is 7.73. The van der Waals surface area contributed by atoms with Crippen LogP contribution in [0.5, 0.6) is 0 Å². The van der Waals surface area contributed by atoms with E-state index in [2.05, 4.69) is 23.4 Å². The lowest BCUT2D eigenvalue weighted by Crippen LogP contribution is -2.35. The van der Waals surface area contributed by atoms with Crippen molar-refractivity contribution in [3.05, 3.63) is 35.5 Å². The highest BCUT2D eigenvalue weighted by atomic mass is 35.5. The summed E-state index contributed by atoms with van der Waals surface area (Å²) in [6.45, 7) is 4.19. The van der Waals surface area contributed by atoms with Crippen molar-refractivity contribution >= 4 is 18.4 Å². The van der Waals surface area contributed by atoms with Gasteiger partial charge in [-0.3, -0.25) is 0 Å². The van der Waals surface area contributed by atoms with Gasteiger partial charge in [-0.15, -0.1) is 12.4 Å². The molecule has 1 saturated heterocycles. The number of allylic oxidation sites excluding steroid dienone is 3. The molecule has 0 aromatic rings. The number of carbonyl (C=O) groups is 1. The van der Waals surface area contributed by atoms with Gasteiger partial charge in [0.25, 0.3) is 0 Å². The quantitative estimate of drug-likeness (QED) is 0.644. The van der Waals surface area contributed by atoms with E-state index >= 15 is 0 Å². The Balaban J connectivity index is 0.00000210. The Bertz CT molecular complexity index is 671. The third-order valence-corrected chi connectivity index (χ3v) is 6.14. The summed E-state index contributed by atoms with van der Waals surface area (Å²) in [5.41, 5.74) is 2.88. The number of hydrogen-bond acceptors (Lipinski definition) is 5. The van der Waals surface area contributed by atoms with Crippen molar-refractivity contribution in [3.63, 3.8) is 0 Å². The average Bonchev–Trinajstić information content (AvgIpc) is 3.04. The van der Waals surface area contributed by atoms with Crippen molar-refractivity contribution in [2.75, 3.05) is 13.2 Å². The maximum absolute atomic E-state index is 11.6. The number of fused-ring (bicyclic) bond motifs is 1. The summed E-state index contributed by atoms with van der Waals surface area (Å²) in [6.07, 6.45) is 14.5. The normalized spacial score (nSPS) is 29.6. The van der Waals surface area contributed by atoms with Crippen LogP contribution in [-0.4, -0.2) is 36.3 Å². The summed E-state index contributed by atoms with van der Waals surface area (Å²) in [6, 6.07) is 0. The van der Waals surface area contributed by atoms with Gasteiger partial charge in [-0.1, -0.05) is 12.5 Å². The molecule has 3 aliphatic heterocycles. The van der Waals surface area contributed by atoms with Crippen LogP contribution in [0.15, 0.2) is 35.5 Å². The van der Waals surface area contributed by atoms with Gasteiger partial charge in [0.1, 0.15) is 18.5 Å². The number of esters is 1. The summed E-state index contributed by atoms with van der Waals surface area (Å²) in [7, 11) is 0. The molecule has 0 N–H and O–H groups in total. The fraction of sp³-hybridized carbons (Fsp3) is 0.667. The minimum absolute atomic E-state index is 0. The minimum Gasteiger partial charge on any atom is -0.489 e. The Morgan fingerprint density at radius 1 is 1.41 bits per heavy atom. The van der Waals surface area contributed by atoms with E-state index in [1.165, 1.54) is 29.9 Å². The highest BCUT2D eigenvalue weighted by molar-refractivity contribution is 5.85. The highest BCUT2D eigenvalue weighted by Gasteiger charge is 2.53. The Labute approximate surface area is 167 Å². The van der Waals surface area contributed by atoms with E-state index in [4.69, 9.17) is 14.2 Å². The fourth-order valence-electron chi connectivity index (χ4n) is 4.83. The third-order valence-electron chi connectivity index (χ3n) is 6.14. The lowest BCUT2D eigenvalue weighted by atomic mass is 9.65. The van der Waals surface area contributed by atoms with Gasteiger partial charge in [0.05, 0.1) is 23.8 Å². The van der Waals surface area contributed by atoms with Crippen LogP contribution in [0.4, 0.5) is 0 Å².